The van der Waals surface area contributed by atoms with Gasteiger partial charge < -0.3 is 14.2 Å². The molecule has 3 saturated carbocycles. The molecular formula is C21H28O6. The highest BCUT2D eigenvalue weighted by atomic mass is 16.6. The normalized spacial score (nSPS) is 42.4. The number of rotatable bonds is 3. The van der Waals surface area contributed by atoms with Gasteiger partial charge in [-0.15, -0.1) is 0 Å². The van der Waals surface area contributed by atoms with E-state index in [0.29, 0.717) is 18.8 Å². The quantitative estimate of drug-likeness (QED) is 0.705. The summed E-state index contributed by atoms with van der Waals surface area (Å²) in [5.74, 6) is -0.593. The predicted octanol–water partition coefficient (Wildman–Crippen LogP) is 3.08. The van der Waals surface area contributed by atoms with E-state index >= 15 is 0 Å². The highest BCUT2D eigenvalue weighted by molar-refractivity contribution is 5.92. The zero-order chi connectivity index (χ0) is 19.6. The van der Waals surface area contributed by atoms with Crippen LogP contribution in [0.2, 0.25) is 0 Å². The number of hydrogen-bond acceptors (Lipinski definition) is 6. The van der Waals surface area contributed by atoms with Crippen LogP contribution in [0.15, 0.2) is 11.8 Å². The topological polar surface area (TPSA) is 78.9 Å². The molecule has 0 aromatic heterocycles. The maximum absolute atomic E-state index is 12.2. The van der Waals surface area contributed by atoms with E-state index < -0.39 is 23.6 Å². The van der Waals surface area contributed by atoms with Crippen LogP contribution in [0.4, 0.5) is 0 Å². The average molecular weight is 376 g/mol. The number of Topliss-reactive ketones (excluding diaryl/α,β-unsaturated/α-hetero) is 1. The lowest BCUT2D eigenvalue weighted by atomic mass is 9.69. The molecule has 4 rings (SSSR count). The van der Waals surface area contributed by atoms with Crippen LogP contribution < -0.4 is 0 Å². The second-order valence-electron chi connectivity index (χ2n) is 9.41. The minimum absolute atomic E-state index is 0.0314. The van der Waals surface area contributed by atoms with Crippen molar-refractivity contribution in [2.24, 2.45) is 16.7 Å². The van der Waals surface area contributed by atoms with Gasteiger partial charge in [0.05, 0.1) is 6.10 Å². The lowest BCUT2D eigenvalue weighted by Gasteiger charge is -2.44. The van der Waals surface area contributed by atoms with Gasteiger partial charge in [-0.3, -0.25) is 9.59 Å². The third-order valence-corrected chi connectivity index (χ3v) is 7.91. The monoisotopic (exact) mass is 376 g/mol. The summed E-state index contributed by atoms with van der Waals surface area (Å²) < 4.78 is 17.2. The summed E-state index contributed by atoms with van der Waals surface area (Å²) in [6.45, 7) is 8.15. The van der Waals surface area contributed by atoms with Crippen molar-refractivity contribution in [3.8, 4) is 0 Å². The molecule has 0 saturated heterocycles. The lowest BCUT2D eigenvalue weighted by molar-refractivity contribution is -0.187. The zero-order valence-electron chi connectivity index (χ0n) is 16.5. The van der Waals surface area contributed by atoms with Gasteiger partial charge in [0.1, 0.15) is 11.9 Å². The Balaban J connectivity index is 1.61. The Bertz CT molecular complexity index is 737. The van der Waals surface area contributed by atoms with Gasteiger partial charge in [-0.2, -0.15) is 0 Å². The lowest BCUT2D eigenvalue weighted by Crippen LogP contribution is -2.51. The summed E-state index contributed by atoms with van der Waals surface area (Å²) in [6.07, 6.45) is 5.26. The molecule has 1 heterocycles. The van der Waals surface area contributed by atoms with Crippen LogP contribution >= 0.6 is 0 Å². The molecule has 5 atom stereocenters. The Morgan fingerprint density at radius 2 is 1.93 bits per heavy atom. The third-order valence-electron chi connectivity index (χ3n) is 7.91. The fourth-order valence-corrected chi connectivity index (χ4v) is 5.72. The number of carbonyl (C=O) groups excluding carboxylic acids is 3. The highest BCUT2D eigenvalue weighted by Crippen LogP contribution is 2.66. The number of ether oxygens (including phenoxy) is 3. The van der Waals surface area contributed by atoms with Crippen LogP contribution in [-0.4, -0.2) is 35.5 Å². The molecule has 1 aliphatic heterocycles. The molecule has 6 nitrogen and oxygen atoms in total. The van der Waals surface area contributed by atoms with Crippen LogP contribution in [0.3, 0.4) is 0 Å². The summed E-state index contributed by atoms with van der Waals surface area (Å²) in [7, 11) is 0. The molecule has 2 bridgehead atoms. The van der Waals surface area contributed by atoms with Crippen LogP contribution in [0.5, 0.6) is 0 Å². The minimum atomic E-state index is -1.02. The first-order valence-corrected chi connectivity index (χ1v) is 9.89. The molecule has 0 aromatic rings. The fraction of sp³-hybridized carbons (Fsp3) is 0.762. The van der Waals surface area contributed by atoms with E-state index in [1.54, 1.807) is 6.08 Å². The number of hydrogen-bond donors (Lipinski definition) is 0. The van der Waals surface area contributed by atoms with Gasteiger partial charge in [0.2, 0.25) is 5.76 Å². The van der Waals surface area contributed by atoms with Crippen LogP contribution in [-0.2, 0) is 28.6 Å². The second kappa shape index (κ2) is 5.90. The molecule has 6 heteroatoms. The van der Waals surface area contributed by atoms with E-state index in [4.69, 9.17) is 14.2 Å². The van der Waals surface area contributed by atoms with Crippen molar-refractivity contribution >= 4 is 17.7 Å². The van der Waals surface area contributed by atoms with Crippen LogP contribution in [0.1, 0.15) is 66.2 Å². The van der Waals surface area contributed by atoms with Crippen molar-refractivity contribution in [3.63, 3.8) is 0 Å². The van der Waals surface area contributed by atoms with Crippen molar-refractivity contribution in [3.05, 3.63) is 11.8 Å². The average Bonchev–Trinajstić information content (AvgIpc) is 3.06. The summed E-state index contributed by atoms with van der Waals surface area (Å²) in [6, 6.07) is 0. The van der Waals surface area contributed by atoms with E-state index in [-0.39, 0.29) is 34.9 Å². The number of fused-ring (bicyclic) bond motifs is 2. The molecular weight excluding hydrogens is 348 g/mol. The van der Waals surface area contributed by atoms with Crippen molar-refractivity contribution in [1.82, 2.24) is 0 Å². The molecule has 4 aliphatic rings. The molecule has 0 amide bonds. The highest BCUT2D eigenvalue weighted by Gasteiger charge is 2.63. The largest absolute Gasteiger partial charge is 0.446 e. The van der Waals surface area contributed by atoms with Gasteiger partial charge >= 0.3 is 11.9 Å². The minimum Gasteiger partial charge on any atom is -0.446 e. The number of carbonyl (C=O) groups is 3. The summed E-state index contributed by atoms with van der Waals surface area (Å²) in [4.78, 5) is 35.7. The molecule has 3 aliphatic carbocycles. The summed E-state index contributed by atoms with van der Waals surface area (Å²) >= 11 is 0. The number of ketones is 1. The Kier molecular flexibility index (Phi) is 4.08. The Morgan fingerprint density at radius 1 is 1.19 bits per heavy atom. The van der Waals surface area contributed by atoms with Crippen molar-refractivity contribution in [2.45, 2.75) is 84.0 Å². The van der Waals surface area contributed by atoms with E-state index in [9.17, 15) is 14.4 Å². The van der Waals surface area contributed by atoms with Gasteiger partial charge in [0.15, 0.2) is 5.60 Å². The SMILES string of the molecule is CC(=O)OC1=C[C@]2(CCC(=O)C[C@H]2O[C@@H]2C[C@@H]3CC[C@@]2(C)C3(C)C)OC1=O. The standard InChI is InChI=1S/C21H28O6/c1-12(22)25-15-11-21(27-18(15)24)8-6-14(23)10-17(21)26-16-9-13-5-7-20(16,4)19(13,2)3/h11,13,16-17H,5-10H2,1-4H3/t13-,16+,17+,20+,21-/m0/s1. The fourth-order valence-electron chi connectivity index (χ4n) is 5.72. The van der Waals surface area contributed by atoms with Crippen LogP contribution in [0, 0.1) is 16.7 Å². The zero-order valence-corrected chi connectivity index (χ0v) is 16.5. The molecule has 0 N–H and O–H groups in total. The Hall–Kier alpha value is -1.69. The maximum Gasteiger partial charge on any atom is 0.375 e. The first kappa shape index (κ1) is 18.7. The van der Waals surface area contributed by atoms with E-state index in [1.165, 1.54) is 13.3 Å². The summed E-state index contributed by atoms with van der Waals surface area (Å²) in [5.41, 5.74) is -0.781. The molecule has 27 heavy (non-hydrogen) atoms. The second-order valence-corrected chi connectivity index (χ2v) is 9.41. The molecule has 0 radical (unpaired) electrons. The Morgan fingerprint density at radius 3 is 2.52 bits per heavy atom. The smallest absolute Gasteiger partial charge is 0.375 e. The molecule has 3 fully saturated rings. The molecule has 1 spiro atoms. The van der Waals surface area contributed by atoms with Crippen LogP contribution in [0.25, 0.3) is 0 Å². The maximum atomic E-state index is 12.2. The van der Waals surface area contributed by atoms with Crippen molar-refractivity contribution in [1.29, 1.82) is 0 Å². The van der Waals surface area contributed by atoms with E-state index in [0.717, 1.165) is 12.8 Å². The molecule has 0 unspecified atom stereocenters. The molecule has 0 aromatic carbocycles. The first-order chi connectivity index (χ1) is 12.6. The number of esters is 2. The third kappa shape index (κ3) is 2.67. The van der Waals surface area contributed by atoms with Gasteiger partial charge in [-0.25, -0.2) is 4.79 Å². The van der Waals surface area contributed by atoms with Gasteiger partial charge in [0.25, 0.3) is 0 Å². The van der Waals surface area contributed by atoms with Crippen molar-refractivity contribution in [2.75, 3.05) is 0 Å². The van der Waals surface area contributed by atoms with Crippen molar-refractivity contribution < 1.29 is 28.6 Å². The first-order valence-electron chi connectivity index (χ1n) is 9.89. The van der Waals surface area contributed by atoms with Gasteiger partial charge in [0, 0.05) is 32.3 Å². The van der Waals surface area contributed by atoms with Gasteiger partial charge in [-0.05, 0) is 36.0 Å². The van der Waals surface area contributed by atoms with E-state index in [1.807, 2.05) is 0 Å². The summed E-state index contributed by atoms with van der Waals surface area (Å²) in [5, 5.41) is 0. The predicted molar refractivity (Wildman–Crippen MR) is 95.4 cm³/mol. The van der Waals surface area contributed by atoms with E-state index in [2.05, 4.69) is 20.8 Å². The van der Waals surface area contributed by atoms with Gasteiger partial charge in [-0.1, -0.05) is 20.8 Å². The Labute approximate surface area is 159 Å². The molecule has 148 valence electrons.